The number of hydrogen-bond acceptors (Lipinski definition) is 7. The molecular weight excluding hydrogens is 403 g/mol. The Morgan fingerprint density at radius 2 is 2.03 bits per heavy atom. The number of aryl methyl sites for hydroxylation is 1. The van der Waals surface area contributed by atoms with Gasteiger partial charge in [0.15, 0.2) is 5.16 Å². The summed E-state index contributed by atoms with van der Waals surface area (Å²) in [7, 11) is 3.75. The molecule has 0 atom stereocenters. The van der Waals surface area contributed by atoms with Gasteiger partial charge in [0, 0.05) is 37.1 Å². The van der Waals surface area contributed by atoms with Gasteiger partial charge in [-0.3, -0.25) is 0 Å². The molecule has 4 rings (SSSR count). The monoisotopic (exact) mass is 424 g/mol. The molecule has 4 aromatic rings. The lowest BCUT2D eigenvalue weighted by Gasteiger charge is -2.11. The highest BCUT2D eigenvalue weighted by Crippen LogP contribution is 2.32. The number of fused-ring (bicyclic) bond motifs is 1. The number of halogens is 1. The Bertz CT molecular complexity index is 1170. The molecule has 0 aliphatic rings. The second kappa shape index (κ2) is 9.10. The van der Waals surface area contributed by atoms with E-state index < -0.39 is 0 Å². The van der Waals surface area contributed by atoms with Crippen molar-refractivity contribution in [1.29, 1.82) is 0 Å². The van der Waals surface area contributed by atoms with E-state index in [-0.39, 0.29) is 5.82 Å². The third-order valence-corrected chi connectivity index (χ3v) is 5.53. The summed E-state index contributed by atoms with van der Waals surface area (Å²) in [5.74, 6) is 0.981. The van der Waals surface area contributed by atoms with Crippen LogP contribution in [0.5, 0.6) is 5.75 Å². The Morgan fingerprint density at radius 1 is 1.13 bits per heavy atom. The van der Waals surface area contributed by atoms with Gasteiger partial charge in [-0.25, -0.2) is 19.3 Å². The minimum absolute atomic E-state index is 0.331. The molecule has 0 saturated heterocycles. The van der Waals surface area contributed by atoms with Crippen molar-refractivity contribution in [2.75, 3.05) is 25.5 Å². The summed E-state index contributed by atoms with van der Waals surface area (Å²) < 4.78 is 22.3. The molecule has 2 N–H and O–H groups in total. The number of rotatable bonds is 8. The van der Waals surface area contributed by atoms with E-state index >= 15 is 0 Å². The van der Waals surface area contributed by atoms with E-state index in [1.54, 1.807) is 12.3 Å². The maximum absolute atomic E-state index is 14.7. The average Bonchev–Trinajstić information content (AvgIpc) is 3.15. The van der Waals surface area contributed by atoms with E-state index in [4.69, 9.17) is 4.74 Å². The van der Waals surface area contributed by atoms with E-state index in [0.29, 0.717) is 23.0 Å². The predicted molar refractivity (Wildman–Crippen MR) is 116 cm³/mol. The van der Waals surface area contributed by atoms with Crippen LogP contribution in [0.15, 0.2) is 65.2 Å². The van der Waals surface area contributed by atoms with Crippen LogP contribution >= 0.6 is 11.8 Å². The van der Waals surface area contributed by atoms with Crippen LogP contribution in [-0.2, 0) is 7.05 Å². The van der Waals surface area contributed by atoms with Crippen molar-refractivity contribution in [1.82, 2.24) is 24.8 Å². The zero-order valence-electron chi connectivity index (χ0n) is 16.6. The Kier molecular flexibility index (Phi) is 6.10. The van der Waals surface area contributed by atoms with Crippen LogP contribution in [0.1, 0.15) is 0 Å². The molecule has 0 aliphatic carbocycles. The maximum atomic E-state index is 14.7. The lowest BCUT2D eigenvalue weighted by molar-refractivity contribution is 0.319. The Labute approximate surface area is 177 Å². The van der Waals surface area contributed by atoms with Crippen molar-refractivity contribution < 1.29 is 9.13 Å². The SMILES string of the molecule is CNCCOc1ccc2ncnc(Nc3ccc(Sc4nccn4C)c(F)c3)c2c1. The number of benzene rings is 2. The summed E-state index contributed by atoms with van der Waals surface area (Å²) in [5.41, 5.74) is 1.37. The van der Waals surface area contributed by atoms with Crippen LogP contribution in [0, 0.1) is 5.82 Å². The van der Waals surface area contributed by atoms with Gasteiger partial charge in [0.25, 0.3) is 0 Å². The van der Waals surface area contributed by atoms with Crippen molar-refractivity contribution >= 4 is 34.2 Å². The Morgan fingerprint density at radius 3 is 2.80 bits per heavy atom. The summed E-state index contributed by atoms with van der Waals surface area (Å²) in [6.07, 6.45) is 4.99. The number of nitrogens with zero attached hydrogens (tertiary/aromatic N) is 4. The second-order valence-electron chi connectivity index (χ2n) is 6.55. The third kappa shape index (κ3) is 4.52. The van der Waals surface area contributed by atoms with Crippen molar-refractivity contribution in [2.24, 2.45) is 7.05 Å². The average molecular weight is 425 g/mol. The van der Waals surface area contributed by atoms with Crippen molar-refractivity contribution in [3.8, 4) is 5.75 Å². The number of anilines is 2. The Balaban J connectivity index is 1.56. The molecular formula is C21H21FN6OS. The molecule has 2 aromatic heterocycles. The first kappa shape index (κ1) is 20.1. The van der Waals surface area contributed by atoms with Gasteiger partial charge in [0.05, 0.1) is 10.4 Å². The van der Waals surface area contributed by atoms with Crippen LogP contribution in [0.2, 0.25) is 0 Å². The van der Waals surface area contributed by atoms with Gasteiger partial charge in [0.2, 0.25) is 0 Å². The molecule has 0 spiro atoms. The molecule has 9 heteroatoms. The van der Waals surface area contributed by atoms with Crippen LogP contribution in [0.3, 0.4) is 0 Å². The molecule has 7 nitrogen and oxygen atoms in total. The van der Waals surface area contributed by atoms with E-state index in [2.05, 4.69) is 25.6 Å². The third-order valence-electron chi connectivity index (χ3n) is 4.40. The zero-order valence-corrected chi connectivity index (χ0v) is 17.4. The summed E-state index contributed by atoms with van der Waals surface area (Å²) in [5, 5.41) is 7.75. The van der Waals surface area contributed by atoms with Gasteiger partial charge in [-0.15, -0.1) is 0 Å². The fourth-order valence-corrected chi connectivity index (χ4v) is 3.65. The highest BCUT2D eigenvalue weighted by molar-refractivity contribution is 7.99. The van der Waals surface area contributed by atoms with Gasteiger partial charge in [-0.2, -0.15) is 0 Å². The van der Waals surface area contributed by atoms with Gasteiger partial charge in [-0.1, -0.05) is 0 Å². The molecule has 0 amide bonds. The highest BCUT2D eigenvalue weighted by Gasteiger charge is 2.11. The minimum Gasteiger partial charge on any atom is -0.492 e. The molecule has 30 heavy (non-hydrogen) atoms. The quantitative estimate of drug-likeness (QED) is 0.414. The number of nitrogens with one attached hydrogen (secondary N) is 2. The Hall–Kier alpha value is -3.17. The highest BCUT2D eigenvalue weighted by atomic mass is 32.2. The normalized spacial score (nSPS) is 11.0. The smallest absolute Gasteiger partial charge is 0.172 e. The lowest BCUT2D eigenvalue weighted by atomic mass is 10.2. The molecule has 0 unspecified atom stereocenters. The minimum atomic E-state index is -0.331. The molecule has 2 heterocycles. The molecule has 0 aliphatic heterocycles. The van der Waals surface area contributed by atoms with E-state index in [1.165, 1.54) is 24.2 Å². The molecule has 0 fully saturated rings. The number of hydrogen-bond donors (Lipinski definition) is 2. The van der Waals surface area contributed by atoms with Crippen molar-refractivity contribution in [3.63, 3.8) is 0 Å². The first-order chi connectivity index (χ1) is 14.6. The van der Waals surface area contributed by atoms with Crippen LogP contribution in [0.4, 0.5) is 15.9 Å². The number of aromatic nitrogens is 4. The van der Waals surface area contributed by atoms with Gasteiger partial charge >= 0.3 is 0 Å². The topological polar surface area (TPSA) is 76.9 Å². The number of likely N-dealkylation sites (N-methyl/N-ethyl adjacent to an activating group) is 1. The van der Waals surface area contributed by atoms with Gasteiger partial charge < -0.3 is 19.9 Å². The van der Waals surface area contributed by atoms with Crippen LogP contribution in [-0.4, -0.2) is 39.7 Å². The van der Waals surface area contributed by atoms with Crippen molar-refractivity contribution in [3.05, 3.63) is 60.9 Å². The molecule has 154 valence electrons. The summed E-state index contributed by atoms with van der Waals surface area (Å²) in [4.78, 5) is 13.4. The number of imidazole rings is 1. The van der Waals surface area contributed by atoms with E-state index in [0.717, 1.165) is 28.4 Å². The molecule has 0 radical (unpaired) electrons. The standard InChI is InChI=1S/C21H21FN6OS/c1-23-8-10-29-15-4-5-18-16(12-15)20(26-13-25-18)27-14-3-6-19(17(22)11-14)30-21-24-7-9-28(21)2/h3-7,9,11-13,23H,8,10H2,1-2H3,(H,25,26,27). The largest absolute Gasteiger partial charge is 0.492 e. The number of ether oxygens (including phenoxy) is 1. The second-order valence-corrected chi connectivity index (χ2v) is 7.56. The summed E-state index contributed by atoms with van der Waals surface area (Å²) in [6.45, 7) is 1.30. The molecule has 0 saturated carbocycles. The first-order valence-corrected chi connectivity index (χ1v) is 10.2. The van der Waals surface area contributed by atoms with Gasteiger partial charge in [-0.05, 0) is 55.2 Å². The van der Waals surface area contributed by atoms with Crippen LogP contribution in [0.25, 0.3) is 10.9 Å². The predicted octanol–water partition coefficient (Wildman–Crippen LogP) is 4.00. The van der Waals surface area contributed by atoms with Crippen LogP contribution < -0.4 is 15.4 Å². The summed E-state index contributed by atoms with van der Waals surface area (Å²) in [6, 6.07) is 10.6. The van der Waals surface area contributed by atoms with Gasteiger partial charge in [0.1, 0.15) is 30.3 Å². The lowest BCUT2D eigenvalue weighted by Crippen LogP contribution is -2.15. The molecule has 2 aromatic carbocycles. The first-order valence-electron chi connectivity index (χ1n) is 9.38. The molecule has 0 bridgehead atoms. The van der Waals surface area contributed by atoms with E-state index in [9.17, 15) is 4.39 Å². The summed E-state index contributed by atoms with van der Waals surface area (Å²) >= 11 is 1.28. The maximum Gasteiger partial charge on any atom is 0.172 e. The van der Waals surface area contributed by atoms with Crippen molar-refractivity contribution in [2.45, 2.75) is 10.1 Å². The fourth-order valence-electron chi connectivity index (χ4n) is 2.84. The fraction of sp³-hybridized carbons (Fsp3) is 0.190. The zero-order chi connectivity index (χ0) is 20.9. The van der Waals surface area contributed by atoms with E-state index in [1.807, 2.05) is 49.1 Å².